The third kappa shape index (κ3) is 3.31. The zero-order valence-corrected chi connectivity index (χ0v) is 14.8. The summed E-state index contributed by atoms with van der Waals surface area (Å²) >= 11 is 1.37. The first-order chi connectivity index (χ1) is 11.5. The Morgan fingerprint density at radius 1 is 1.33 bits per heavy atom. The van der Waals surface area contributed by atoms with E-state index in [0.29, 0.717) is 11.7 Å². The van der Waals surface area contributed by atoms with Crippen molar-refractivity contribution in [1.82, 2.24) is 10.2 Å². The second-order valence-corrected chi connectivity index (χ2v) is 7.08. The van der Waals surface area contributed by atoms with E-state index in [1.54, 1.807) is 4.90 Å². The standard InChI is InChI=1S/C17H20N4O2S/c1-4-14-19-20-17(24-14)18-16(23)12-8-15(22)21(9-12)13-6-5-10(2)11(3)7-13/h5-7,12H,4,8-9H2,1-3H3,(H,18,20,23). The van der Waals surface area contributed by atoms with E-state index in [1.807, 2.05) is 39.0 Å². The molecule has 1 aliphatic rings. The Hall–Kier alpha value is -2.28. The lowest BCUT2D eigenvalue weighted by molar-refractivity contribution is -0.122. The molecule has 1 fully saturated rings. The van der Waals surface area contributed by atoms with Crippen molar-refractivity contribution in [3.63, 3.8) is 0 Å². The number of anilines is 2. The Bertz CT molecular complexity index is 787. The third-order valence-corrected chi connectivity index (χ3v) is 5.28. The minimum atomic E-state index is -0.368. The molecular weight excluding hydrogens is 324 g/mol. The van der Waals surface area contributed by atoms with Gasteiger partial charge in [0.15, 0.2) is 0 Å². The van der Waals surface area contributed by atoms with Crippen LogP contribution in [0.2, 0.25) is 0 Å². The van der Waals surface area contributed by atoms with Crippen molar-refractivity contribution in [2.24, 2.45) is 5.92 Å². The Morgan fingerprint density at radius 2 is 2.12 bits per heavy atom. The molecule has 24 heavy (non-hydrogen) atoms. The maximum absolute atomic E-state index is 12.4. The van der Waals surface area contributed by atoms with Crippen LogP contribution in [0.3, 0.4) is 0 Å². The number of nitrogens with zero attached hydrogens (tertiary/aromatic N) is 3. The molecule has 2 aromatic rings. The summed E-state index contributed by atoms with van der Waals surface area (Å²) in [5, 5.41) is 12.1. The van der Waals surface area contributed by atoms with E-state index in [0.717, 1.165) is 22.7 Å². The molecule has 0 radical (unpaired) electrons. The van der Waals surface area contributed by atoms with Gasteiger partial charge in [-0.3, -0.25) is 9.59 Å². The molecule has 2 heterocycles. The number of nitrogens with one attached hydrogen (secondary N) is 1. The summed E-state index contributed by atoms with van der Waals surface area (Å²) in [6, 6.07) is 5.92. The third-order valence-electron chi connectivity index (χ3n) is 4.30. The van der Waals surface area contributed by atoms with Gasteiger partial charge in [0.05, 0.1) is 5.92 Å². The topological polar surface area (TPSA) is 75.2 Å². The van der Waals surface area contributed by atoms with Gasteiger partial charge < -0.3 is 10.2 Å². The van der Waals surface area contributed by atoms with E-state index in [2.05, 4.69) is 15.5 Å². The van der Waals surface area contributed by atoms with Crippen LogP contribution in [0, 0.1) is 19.8 Å². The molecule has 6 nitrogen and oxygen atoms in total. The lowest BCUT2D eigenvalue weighted by Gasteiger charge is -2.17. The summed E-state index contributed by atoms with van der Waals surface area (Å²) < 4.78 is 0. The summed E-state index contributed by atoms with van der Waals surface area (Å²) in [5.41, 5.74) is 3.17. The zero-order chi connectivity index (χ0) is 17.3. The number of carbonyl (C=O) groups is 2. The van der Waals surface area contributed by atoms with Gasteiger partial charge in [0.2, 0.25) is 16.9 Å². The molecule has 1 N–H and O–H groups in total. The van der Waals surface area contributed by atoms with Crippen LogP contribution in [0.25, 0.3) is 0 Å². The van der Waals surface area contributed by atoms with E-state index < -0.39 is 0 Å². The predicted molar refractivity (Wildman–Crippen MR) is 94.3 cm³/mol. The van der Waals surface area contributed by atoms with E-state index >= 15 is 0 Å². The van der Waals surface area contributed by atoms with E-state index in [-0.39, 0.29) is 24.2 Å². The van der Waals surface area contributed by atoms with Crippen LogP contribution in [0.4, 0.5) is 10.8 Å². The number of aromatic nitrogens is 2. The Kier molecular flexibility index (Phi) is 4.62. The molecule has 1 aromatic carbocycles. The molecule has 0 aliphatic carbocycles. The predicted octanol–water partition coefficient (Wildman–Crippen LogP) is 2.71. The number of hydrogen-bond donors (Lipinski definition) is 1. The van der Waals surface area contributed by atoms with Crippen molar-refractivity contribution in [2.45, 2.75) is 33.6 Å². The molecule has 1 aliphatic heterocycles. The second-order valence-electron chi connectivity index (χ2n) is 6.02. The molecule has 0 spiro atoms. The summed E-state index contributed by atoms with van der Waals surface area (Å²) in [6.45, 7) is 6.44. The van der Waals surface area contributed by atoms with Crippen molar-refractivity contribution >= 4 is 34.0 Å². The average Bonchev–Trinajstić information content (AvgIpc) is 3.16. The first-order valence-corrected chi connectivity index (χ1v) is 8.80. The highest BCUT2D eigenvalue weighted by Crippen LogP contribution is 2.28. The van der Waals surface area contributed by atoms with Crippen LogP contribution in [0.5, 0.6) is 0 Å². The summed E-state index contributed by atoms with van der Waals surface area (Å²) in [7, 11) is 0. The molecule has 1 aromatic heterocycles. The molecule has 7 heteroatoms. The molecule has 1 atom stereocenters. The van der Waals surface area contributed by atoms with Gasteiger partial charge in [0.25, 0.3) is 0 Å². The molecule has 0 bridgehead atoms. The van der Waals surface area contributed by atoms with Gasteiger partial charge in [-0.15, -0.1) is 10.2 Å². The van der Waals surface area contributed by atoms with Crippen LogP contribution < -0.4 is 10.2 Å². The largest absolute Gasteiger partial charge is 0.312 e. The van der Waals surface area contributed by atoms with Crippen molar-refractivity contribution < 1.29 is 9.59 Å². The first kappa shape index (κ1) is 16.6. The van der Waals surface area contributed by atoms with Gasteiger partial charge in [-0.05, 0) is 43.5 Å². The minimum absolute atomic E-state index is 0.0232. The Morgan fingerprint density at radius 3 is 2.79 bits per heavy atom. The van der Waals surface area contributed by atoms with Crippen LogP contribution in [0.1, 0.15) is 29.5 Å². The van der Waals surface area contributed by atoms with E-state index in [9.17, 15) is 9.59 Å². The van der Waals surface area contributed by atoms with E-state index in [4.69, 9.17) is 0 Å². The lowest BCUT2D eigenvalue weighted by atomic mass is 10.1. The van der Waals surface area contributed by atoms with Crippen LogP contribution in [0.15, 0.2) is 18.2 Å². The van der Waals surface area contributed by atoms with Gasteiger partial charge in [0, 0.05) is 18.7 Å². The smallest absolute Gasteiger partial charge is 0.231 e. The Labute approximate surface area is 144 Å². The molecular formula is C17H20N4O2S. The molecule has 126 valence electrons. The first-order valence-electron chi connectivity index (χ1n) is 7.98. The quantitative estimate of drug-likeness (QED) is 0.925. The van der Waals surface area contributed by atoms with Crippen molar-refractivity contribution in [1.29, 1.82) is 0 Å². The van der Waals surface area contributed by atoms with Gasteiger partial charge in [0.1, 0.15) is 5.01 Å². The van der Waals surface area contributed by atoms with Crippen molar-refractivity contribution in [2.75, 3.05) is 16.8 Å². The maximum atomic E-state index is 12.4. The van der Waals surface area contributed by atoms with Gasteiger partial charge >= 0.3 is 0 Å². The zero-order valence-electron chi connectivity index (χ0n) is 14.0. The average molecular weight is 344 g/mol. The molecule has 2 amide bonds. The fraction of sp³-hybridized carbons (Fsp3) is 0.412. The fourth-order valence-corrected chi connectivity index (χ4v) is 3.36. The van der Waals surface area contributed by atoms with Gasteiger partial charge in [-0.1, -0.05) is 24.3 Å². The Balaban J connectivity index is 1.69. The number of amides is 2. The van der Waals surface area contributed by atoms with Crippen molar-refractivity contribution in [3.05, 3.63) is 34.3 Å². The molecule has 0 saturated carbocycles. The summed E-state index contributed by atoms with van der Waals surface area (Å²) in [5.74, 6) is -0.563. The van der Waals surface area contributed by atoms with Gasteiger partial charge in [-0.2, -0.15) is 0 Å². The number of hydrogen-bond acceptors (Lipinski definition) is 5. The normalized spacial score (nSPS) is 17.4. The number of aryl methyl sites for hydroxylation is 3. The van der Waals surface area contributed by atoms with Crippen LogP contribution in [-0.4, -0.2) is 28.6 Å². The minimum Gasteiger partial charge on any atom is -0.312 e. The molecule has 1 saturated heterocycles. The fourth-order valence-electron chi connectivity index (χ4n) is 2.68. The summed E-state index contributed by atoms with van der Waals surface area (Å²) in [6.07, 6.45) is 1.01. The highest BCUT2D eigenvalue weighted by Gasteiger charge is 2.35. The highest BCUT2D eigenvalue weighted by molar-refractivity contribution is 7.15. The number of benzene rings is 1. The molecule has 3 rings (SSSR count). The monoisotopic (exact) mass is 344 g/mol. The summed E-state index contributed by atoms with van der Waals surface area (Å²) in [4.78, 5) is 26.4. The second kappa shape index (κ2) is 6.68. The molecule has 1 unspecified atom stereocenters. The number of rotatable bonds is 4. The van der Waals surface area contributed by atoms with Gasteiger partial charge in [-0.25, -0.2) is 0 Å². The maximum Gasteiger partial charge on any atom is 0.231 e. The highest BCUT2D eigenvalue weighted by atomic mass is 32.1. The van der Waals surface area contributed by atoms with Crippen LogP contribution >= 0.6 is 11.3 Å². The number of carbonyl (C=O) groups excluding carboxylic acids is 2. The lowest BCUT2D eigenvalue weighted by Crippen LogP contribution is -2.28. The van der Waals surface area contributed by atoms with Crippen LogP contribution in [-0.2, 0) is 16.0 Å². The SMILES string of the molecule is CCc1nnc(NC(=O)C2CC(=O)N(c3ccc(C)c(C)c3)C2)s1. The van der Waals surface area contributed by atoms with E-state index in [1.165, 1.54) is 16.9 Å². The van der Waals surface area contributed by atoms with Crippen molar-refractivity contribution in [3.8, 4) is 0 Å².